The number of hydrogen-bond acceptors (Lipinski definition) is 2. The molecule has 0 spiro atoms. The Hall–Kier alpha value is -2.00. The van der Waals surface area contributed by atoms with Crippen molar-refractivity contribution >= 4 is 28.5 Å². The molecule has 92 valence electrons. The molecule has 0 amide bonds. The summed E-state index contributed by atoms with van der Waals surface area (Å²) in [6, 6.07) is 18.8. The van der Waals surface area contributed by atoms with Gasteiger partial charge >= 0.3 is 0 Å². The lowest BCUT2D eigenvalue weighted by Crippen LogP contribution is -2.05. The predicted molar refractivity (Wildman–Crippen MR) is 80.3 cm³/mol. The van der Waals surface area contributed by atoms with E-state index in [4.69, 9.17) is 4.98 Å². The Labute approximate surface area is 115 Å². The number of rotatable bonds is 1. The topological polar surface area (TPSA) is 17.8 Å². The van der Waals surface area contributed by atoms with Crippen molar-refractivity contribution in [1.82, 2.24) is 9.55 Å². The normalized spacial score (nSPS) is 14.2. The molecule has 0 saturated heterocycles. The number of benzene rings is 2. The highest BCUT2D eigenvalue weighted by atomic mass is 32.2. The molecule has 1 aliphatic rings. The quantitative estimate of drug-likeness (QED) is 0.660. The van der Waals surface area contributed by atoms with E-state index in [0.717, 1.165) is 16.4 Å². The number of nitrogens with zero attached hydrogens (tertiary/aromatic N) is 2. The van der Waals surface area contributed by atoms with Crippen LogP contribution in [0, 0.1) is 0 Å². The summed E-state index contributed by atoms with van der Waals surface area (Å²) in [5.74, 6) is 0.980. The van der Waals surface area contributed by atoms with E-state index in [0.29, 0.717) is 0 Å². The summed E-state index contributed by atoms with van der Waals surface area (Å²) in [7, 11) is 0. The van der Waals surface area contributed by atoms with Crippen LogP contribution < -0.4 is 0 Å². The van der Waals surface area contributed by atoms with Crippen LogP contribution in [0.4, 0.5) is 0 Å². The monoisotopic (exact) mass is 264 g/mol. The average Bonchev–Trinajstić information content (AvgIpc) is 2.86. The van der Waals surface area contributed by atoms with Gasteiger partial charge in [-0.1, -0.05) is 54.2 Å². The Morgan fingerprint density at radius 3 is 2.63 bits per heavy atom. The van der Waals surface area contributed by atoms with Crippen molar-refractivity contribution in [3.63, 3.8) is 0 Å². The summed E-state index contributed by atoms with van der Waals surface area (Å²) in [4.78, 5) is 4.71. The van der Waals surface area contributed by atoms with Gasteiger partial charge in [0.05, 0.1) is 16.7 Å². The smallest absolute Gasteiger partial charge is 0.174 e. The second kappa shape index (κ2) is 4.28. The third-order valence-corrected chi connectivity index (χ3v) is 4.19. The summed E-state index contributed by atoms with van der Waals surface area (Å²) in [5.41, 5.74) is 4.73. The van der Waals surface area contributed by atoms with Gasteiger partial charge in [0.15, 0.2) is 5.16 Å². The van der Waals surface area contributed by atoms with Gasteiger partial charge in [-0.05, 0) is 23.8 Å². The number of imidazole rings is 1. The van der Waals surface area contributed by atoms with E-state index in [1.165, 1.54) is 16.8 Å². The molecular formula is C16H12N2S. The van der Waals surface area contributed by atoms with E-state index in [9.17, 15) is 0 Å². The molecule has 1 aromatic heterocycles. The van der Waals surface area contributed by atoms with Crippen molar-refractivity contribution in [2.45, 2.75) is 5.16 Å². The van der Waals surface area contributed by atoms with Gasteiger partial charge in [-0.15, -0.1) is 0 Å². The average molecular weight is 264 g/mol. The summed E-state index contributed by atoms with van der Waals surface area (Å²) < 4.78 is 2.26. The highest BCUT2D eigenvalue weighted by molar-refractivity contribution is 7.99. The van der Waals surface area contributed by atoms with Gasteiger partial charge in [0.25, 0.3) is 0 Å². The molecule has 0 unspecified atom stereocenters. The van der Waals surface area contributed by atoms with Gasteiger partial charge in [0, 0.05) is 5.75 Å². The van der Waals surface area contributed by atoms with Crippen LogP contribution in [0.2, 0.25) is 0 Å². The first-order valence-electron chi connectivity index (χ1n) is 6.30. The van der Waals surface area contributed by atoms with Crippen LogP contribution in [0.5, 0.6) is 0 Å². The summed E-state index contributed by atoms with van der Waals surface area (Å²) in [5, 5.41) is 1.09. The van der Waals surface area contributed by atoms with Gasteiger partial charge in [0.2, 0.25) is 0 Å². The zero-order chi connectivity index (χ0) is 12.7. The molecule has 2 heterocycles. The maximum absolute atomic E-state index is 4.71. The van der Waals surface area contributed by atoms with E-state index in [-0.39, 0.29) is 0 Å². The number of fused-ring (bicyclic) bond motifs is 3. The lowest BCUT2D eigenvalue weighted by Gasteiger charge is -2.17. The summed E-state index contributed by atoms with van der Waals surface area (Å²) in [6.45, 7) is 0. The molecule has 0 fully saturated rings. The second-order valence-corrected chi connectivity index (χ2v) is 5.47. The first-order chi connectivity index (χ1) is 9.43. The highest BCUT2D eigenvalue weighted by Crippen LogP contribution is 2.34. The third kappa shape index (κ3) is 1.70. The molecule has 3 aromatic rings. The molecule has 0 bridgehead atoms. The van der Waals surface area contributed by atoms with Crippen molar-refractivity contribution in [2.24, 2.45) is 0 Å². The van der Waals surface area contributed by atoms with E-state index in [1.54, 1.807) is 11.8 Å². The van der Waals surface area contributed by atoms with E-state index in [1.807, 2.05) is 6.07 Å². The van der Waals surface area contributed by atoms with Crippen LogP contribution in [0.3, 0.4) is 0 Å². The van der Waals surface area contributed by atoms with Crippen LogP contribution >= 0.6 is 11.8 Å². The Balaban J connectivity index is 2.00. The first kappa shape index (κ1) is 10.9. The van der Waals surface area contributed by atoms with Gasteiger partial charge in [0.1, 0.15) is 0 Å². The van der Waals surface area contributed by atoms with Crippen LogP contribution in [0.15, 0.2) is 65.8 Å². The van der Waals surface area contributed by atoms with E-state index in [2.05, 4.69) is 59.2 Å². The molecule has 0 aliphatic carbocycles. The third-order valence-electron chi connectivity index (χ3n) is 3.33. The molecule has 4 rings (SSSR count). The minimum atomic E-state index is 0.980. The van der Waals surface area contributed by atoms with Gasteiger partial charge in [-0.3, -0.25) is 4.57 Å². The van der Waals surface area contributed by atoms with Gasteiger partial charge < -0.3 is 0 Å². The Morgan fingerprint density at radius 2 is 1.74 bits per heavy atom. The zero-order valence-corrected chi connectivity index (χ0v) is 11.1. The SMILES string of the molecule is C1=C(c2ccccc2)n2c(nc3ccccc32)SC1. The maximum Gasteiger partial charge on any atom is 0.174 e. The van der Waals surface area contributed by atoms with Crippen molar-refractivity contribution in [2.75, 3.05) is 5.75 Å². The number of aromatic nitrogens is 2. The van der Waals surface area contributed by atoms with E-state index >= 15 is 0 Å². The van der Waals surface area contributed by atoms with Crippen LogP contribution in [0.25, 0.3) is 16.7 Å². The van der Waals surface area contributed by atoms with Crippen molar-refractivity contribution in [1.29, 1.82) is 0 Å². The number of thioether (sulfide) groups is 1. The van der Waals surface area contributed by atoms with E-state index < -0.39 is 0 Å². The van der Waals surface area contributed by atoms with Crippen molar-refractivity contribution < 1.29 is 0 Å². The Kier molecular flexibility index (Phi) is 2.45. The lowest BCUT2D eigenvalue weighted by atomic mass is 10.1. The van der Waals surface area contributed by atoms with Gasteiger partial charge in [-0.25, -0.2) is 4.98 Å². The molecular weight excluding hydrogens is 252 g/mol. The molecule has 3 heteroatoms. The van der Waals surface area contributed by atoms with Crippen molar-refractivity contribution in [3.8, 4) is 0 Å². The number of para-hydroxylation sites is 2. The molecule has 1 aliphatic heterocycles. The minimum Gasteiger partial charge on any atom is -0.287 e. The summed E-state index contributed by atoms with van der Waals surface area (Å²) in [6.07, 6.45) is 2.28. The molecule has 2 nitrogen and oxygen atoms in total. The predicted octanol–water partition coefficient (Wildman–Crippen LogP) is 4.03. The largest absolute Gasteiger partial charge is 0.287 e. The number of hydrogen-bond donors (Lipinski definition) is 0. The fourth-order valence-corrected chi connectivity index (χ4v) is 3.35. The lowest BCUT2D eigenvalue weighted by molar-refractivity contribution is 0.932. The second-order valence-electron chi connectivity index (χ2n) is 4.48. The Morgan fingerprint density at radius 1 is 0.947 bits per heavy atom. The molecule has 2 aromatic carbocycles. The van der Waals surface area contributed by atoms with Crippen LogP contribution in [-0.4, -0.2) is 15.3 Å². The first-order valence-corrected chi connectivity index (χ1v) is 7.28. The zero-order valence-electron chi connectivity index (χ0n) is 10.3. The van der Waals surface area contributed by atoms with Crippen LogP contribution in [0.1, 0.15) is 5.56 Å². The molecule has 19 heavy (non-hydrogen) atoms. The molecule has 0 radical (unpaired) electrons. The fourth-order valence-electron chi connectivity index (χ4n) is 2.48. The summed E-state index contributed by atoms with van der Waals surface area (Å²) >= 11 is 1.79. The maximum atomic E-state index is 4.71. The van der Waals surface area contributed by atoms with Crippen molar-refractivity contribution in [3.05, 3.63) is 66.2 Å². The minimum absolute atomic E-state index is 0.980. The van der Waals surface area contributed by atoms with Gasteiger partial charge in [-0.2, -0.15) is 0 Å². The molecule has 0 N–H and O–H groups in total. The highest BCUT2D eigenvalue weighted by Gasteiger charge is 2.18. The molecule has 0 atom stereocenters. The standard InChI is InChI=1S/C16H12N2S/c1-2-6-12(7-3-1)14-10-11-19-16-17-13-8-4-5-9-15(13)18(14)16/h1-10H,11H2. The van der Waals surface area contributed by atoms with Crippen LogP contribution in [-0.2, 0) is 0 Å². The Bertz CT molecular complexity index is 772. The molecule has 0 saturated carbocycles. The fraction of sp³-hybridized carbons (Fsp3) is 0.0625.